The second-order valence-corrected chi connectivity index (χ2v) is 7.00. The summed E-state index contributed by atoms with van der Waals surface area (Å²) in [5.74, 6) is 0.742. The largest absolute Gasteiger partial charge is 0.464 e. The maximum atomic E-state index is 8.99. The summed E-state index contributed by atoms with van der Waals surface area (Å²) in [6.45, 7) is 0. The van der Waals surface area contributed by atoms with Gasteiger partial charge in [-0.2, -0.15) is 5.26 Å². The van der Waals surface area contributed by atoms with Crippen molar-refractivity contribution >= 4 is 44.5 Å². The van der Waals surface area contributed by atoms with Crippen molar-refractivity contribution in [1.29, 1.82) is 5.26 Å². The molecule has 3 aromatic rings. The van der Waals surface area contributed by atoms with E-state index in [0.717, 1.165) is 37.8 Å². The van der Waals surface area contributed by atoms with Crippen LogP contribution in [0.5, 0.6) is 5.75 Å². The lowest BCUT2D eigenvalue weighted by Gasteiger charge is -2.04. The highest BCUT2D eigenvalue weighted by Gasteiger charge is 1.98. The smallest absolute Gasteiger partial charge is 0.138 e. The van der Waals surface area contributed by atoms with Crippen molar-refractivity contribution in [3.8, 4) is 11.2 Å². The molecule has 0 aliphatic heterocycles. The molecule has 0 radical (unpaired) electrons. The summed E-state index contributed by atoms with van der Waals surface area (Å²) < 4.78 is 6.78. The molecule has 0 amide bonds. The van der Waals surface area contributed by atoms with E-state index in [1.54, 1.807) is 6.26 Å². The fraction of sp³-hybridized carbons (Fsp3) is 0. The van der Waals surface area contributed by atoms with Gasteiger partial charge in [0.1, 0.15) is 17.4 Å². The van der Waals surface area contributed by atoms with Crippen LogP contribution in [0.3, 0.4) is 0 Å². The zero-order valence-corrected chi connectivity index (χ0v) is 15.6. The predicted molar refractivity (Wildman–Crippen MR) is 109 cm³/mol. The first-order valence-electron chi connectivity index (χ1n) is 7.60. The van der Waals surface area contributed by atoms with Gasteiger partial charge in [0, 0.05) is 4.47 Å². The third-order valence-electron chi connectivity index (χ3n) is 3.51. The van der Waals surface area contributed by atoms with Crippen LogP contribution < -0.4 is 4.74 Å². The predicted octanol–water partition coefficient (Wildman–Crippen LogP) is 6.75. The van der Waals surface area contributed by atoms with Gasteiger partial charge in [0.05, 0.1) is 4.91 Å². The highest BCUT2D eigenvalue weighted by Crippen LogP contribution is 2.23. The number of hydrogen-bond acceptors (Lipinski definition) is 3. The van der Waals surface area contributed by atoms with Gasteiger partial charge in [-0.25, -0.2) is 0 Å². The van der Waals surface area contributed by atoms with Gasteiger partial charge in [-0.05, 0) is 58.4 Å². The van der Waals surface area contributed by atoms with Crippen LogP contribution >= 0.6 is 27.7 Å². The van der Waals surface area contributed by atoms with Gasteiger partial charge >= 0.3 is 0 Å². The Kier molecular flexibility index (Phi) is 5.95. The fourth-order valence-electron chi connectivity index (χ4n) is 2.27. The topological polar surface area (TPSA) is 33.0 Å². The quantitative estimate of drug-likeness (QED) is 0.266. The number of nitriles is 1. The van der Waals surface area contributed by atoms with E-state index in [9.17, 15) is 0 Å². The molecule has 0 aromatic heterocycles. The number of allylic oxidation sites excluding steroid dienone is 1. The number of fused-ring (bicyclic) bond motifs is 1. The van der Waals surface area contributed by atoms with E-state index in [1.165, 1.54) is 5.39 Å². The zero-order valence-electron chi connectivity index (χ0n) is 13.2. The van der Waals surface area contributed by atoms with Gasteiger partial charge in [0.15, 0.2) is 0 Å². The molecule has 0 N–H and O–H groups in total. The molecule has 3 rings (SSSR count). The maximum Gasteiger partial charge on any atom is 0.138 e. The summed E-state index contributed by atoms with van der Waals surface area (Å²) in [4.78, 5) is 0.735. The number of hydrogen-bond donors (Lipinski definition) is 0. The average molecular weight is 408 g/mol. The molecule has 0 heterocycles. The van der Waals surface area contributed by atoms with E-state index in [0.29, 0.717) is 0 Å². The minimum Gasteiger partial charge on any atom is -0.464 e. The summed E-state index contributed by atoms with van der Waals surface area (Å²) in [6, 6.07) is 22.0. The molecule has 0 fully saturated rings. The van der Waals surface area contributed by atoms with E-state index in [4.69, 9.17) is 10.00 Å². The molecule has 122 valence electrons. The first kappa shape index (κ1) is 17.3. The van der Waals surface area contributed by atoms with E-state index < -0.39 is 0 Å². The molecular weight excluding hydrogens is 394 g/mol. The number of nitrogens with zero attached hydrogens (tertiary/aromatic N) is 1. The number of halogens is 1. The van der Waals surface area contributed by atoms with Crippen LogP contribution in [-0.2, 0) is 0 Å². The Morgan fingerprint density at radius 1 is 1.00 bits per heavy atom. The molecule has 2 nitrogen and oxygen atoms in total. The van der Waals surface area contributed by atoms with Crippen molar-refractivity contribution in [3.63, 3.8) is 0 Å². The molecular formula is C21H14BrNOS. The number of rotatable bonds is 5. The zero-order chi connectivity index (χ0) is 17.5. The third kappa shape index (κ3) is 4.99. The summed E-state index contributed by atoms with van der Waals surface area (Å²) in [5.41, 5.74) is 1.05. The molecule has 4 heteroatoms. The Labute approximate surface area is 159 Å². The Balaban J connectivity index is 1.76. The molecule has 0 spiro atoms. The van der Waals surface area contributed by atoms with Crippen molar-refractivity contribution in [1.82, 2.24) is 0 Å². The van der Waals surface area contributed by atoms with Gasteiger partial charge < -0.3 is 4.74 Å². The van der Waals surface area contributed by atoms with Gasteiger partial charge in [-0.3, -0.25) is 0 Å². The van der Waals surface area contributed by atoms with Crippen LogP contribution in [0.15, 0.2) is 88.4 Å². The normalized spacial score (nSPS) is 11.6. The summed E-state index contributed by atoms with van der Waals surface area (Å²) in [5, 5.41) is 13.4. The minimum absolute atomic E-state index is 0.735. The SMILES string of the molecule is N#CSC(C=Cc1ccc(Br)cc1)=COc1ccc2ccccc2c1. The second kappa shape index (κ2) is 8.57. The fourth-order valence-corrected chi connectivity index (χ4v) is 2.87. The average Bonchev–Trinajstić information content (AvgIpc) is 2.65. The number of ether oxygens (including phenoxy) is 1. The van der Waals surface area contributed by atoms with E-state index in [2.05, 4.69) is 27.4 Å². The summed E-state index contributed by atoms with van der Waals surface area (Å²) in [6.07, 6.45) is 5.43. The first-order valence-corrected chi connectivity index (χ1v) is 9.21. The Morgan fingerprint density at radius 2 is 1.76 bits per heavy atom. The van der Waals surface area contributed by atoms with Crippen LogP contribution in [0.1, 0.15) is 5.56 Å². The molecule has 0 unspecified atom stereocenters. The Morgan fingerprint density at radius 3 is 2.52 bits per heavy atom. The monoisotopic (exact) mass is 407 g/mol. The van der Waals surface area contributed by atoms with E-state index in [-0.39, 0.29) is 0 Å². The van der Waals surface area contributed by atoms with E-state index >= 15 is 0 Å². The summed E-state index contributed by atoms with van der Waals surface area (Å²) >= 11 is 4.48. The molecule has 0 saturated carbocycles. The van der Waals surface area contributed by atoms with Crippen molar-refractivity contribution in [2.24, 2.45) is 0 Å². The van der Waals surface area contributed by atoms with E-state index in [1.807, 2.05) is 72.8 Å². The first-order chi connectivity index (χ1) is 12.2. The highest BCUT2D eigenvalue weighted by atomic mass is 79.9. The molecule has 0 bridgehead atoms. The van der Waals surface area contributed by atoms with Crippen molar-refractivity contribution in [2.75, 3.05) is 0 Å². The molecule has 3 aromatic carbocycles. The third-order valence-corrected chi connectivity index (χ3v) is 4.59. The van der Waals surface area contributed by atoms with Crippen LogP contribution in [0, 0.1) is 10.7 Å². The lowest BCUT2D eigenvalue weighted by molar-refractivity contribution is 0.481. The van der Waals surface area contributed by atoms with Gasteiger partial charge in [-0.1, -0.05) is 64.5 Å². The molecule has 0 atom stereocenters. The minimum atomic E-state index is 0.735. The van der Waals surface area contributed by atoms with Crippen molar-refractivity contribution in [2.45, 2.75) is 0 Å². The van der Waals surface area contributed by atoms with Gasteiger partial charge in [0.25, 0.3) is 0 Å². The lowest BCUT2D eigenvalue weighted by atomic mass is 10.1. The van der Waals surface area contributed by atoms with Crippen molar-refractivity contribution < 1.29 is 4.74 Å². The van der Waals surface area contributed by atoms with Crippen LogP contribution in [0.25, 0.3) is 16.8 Å². The van der Waals surface area contributed by atoms with Crippen molar-refractivity contribution in [3.05, 3.63) is 94.0 Å². The number of thiocyanates is 1. The molecule has 0 saturated heterocycles. The Hall–Kier alpha value is -2.48. The second-order valence-electron chi connectivity index (χ2n) is 5.23. The number of benzene rings is 3. The standard InChI is InChI=1S/C21H14BrNOS/c22-19-9-5-16(6-10-19)7-12-21(25-15-23)14-24-20-11-8-17-3-1-2-4-18(17)13-20/h1-14H. The van der Waals surface area contributed by atoms with Gasteiger partial charge in [0.2, 0.25) is 0 Å². The lowest BCUT2D eigenvalue weighted by Crippen LogP contribution is -1.84. The summed E-state index contributed by atoms with van der Waals surface area (Å²) in [7, 11) is 0. The molecule has 0 aliphatic rings. The van der Waals surface area contributed by atoms with Crippen LogP contribution in [-0.4, -0.2) is 0 Å². The molecule has 25 heavy (non-hydrogen) atoms. The number of thioether (sulfide) groups is 1. The highest BCUT2D eigenvalue weighted by molar-refractivity contribution is 9.10. The molecule has 0 aliphatic carbocycles. The Bertz CT molecular complexity index is 971. The van der Waals surface area contributed by atoms with Crippen LogP contribution in [0.4, 0.5) is 0 Å². The van der Waals surface area contributed by atoms with Crippen LogP contribution in [0.2, 0.25) is 0 Å². The van der Waals surface area contributed by atoms with Gasteiger partial charge in [-0.15, -0.1) is 0 Å². The maximum absolute atomic E-state index is 8.99.